The number of fused-ring (bicyclic) bond motifs is 2. The molecule has 304 valence electrons. The minimum Gasteiger partial charge on any atom is -0.351 e. The van der Waals surface area contributed by atoms with Gasteiger partial charge in [-0.15, -0.1) is 0 Å². The van der Waals surface area contributed by atoms with E-state index in [2.05, 4.69) is 26.6 Å². The number of imide groups is 1. The number of anilines is 1. The van der Waals surface area contributed by atoms with Crippen LogP contribution in [0, 0.1) is 0 Å². The SMILES string of the molecule is Cn1c(=O)n(C2CCC(=O)NC2=O)c2cccc(C3CCN(C4CCN(S(=O)(=O)N5CCC(Nc6ncc7ccc(=O)n(C8CCCC8)c7n6)CC5)CC4)CC3)c21. The van der Waals surface area contributed by atoms with Gasteiger partial charge in [0, 0.05) is 75.4 Å². The fraction of sp³-hybridized carbons (Fsp3) is 0.600. The number of nitrogens with zero attached hydrogens (tertiary/aromatic N) is 8. The van der Waals surface area contributed by atoms with E-state index in [1.807, 2.05) is 16.7 Å². The number of nitrogens with one attached hydrogen (secondary N) is 2. The molecule has 2 N–H and O–H groups in total. The summed E-state index contributed by atoms with van der Waals surface area (Å²) in [5, 5.41) is 6.65. The van der Waals surface area contributed by atoms with Gasteiger partial charge in [-0.3, -0.25) is 33.4 Å². The molecule has 0 bridgehead atoms. The van der Waals surface area contributed by atoms with Gasteiger partial charge in [-0.05, 0) is 94.5 Å². The number of carbonyl (C=O) groups excluding carboxylic acids is 2. The molecule has 4 aliphatic heterocycles. The zero-order valence-electron chi connectivity index (χ0n) is 32.5. The lowest BCUT2D eigenvalue weighted by Crippen LogP contribution is -2.53. The molecule has 1 aromatic carbocycles. The van der Waals surface area contributed by atoms with E-state index >= 15 is 0 Å². The van der Waals surface area contributed by atoms with Crippen LogP contribution in [0.3, 0.4) is 0 Å². The van der Waals surface area contributed by atoms with Crippen LogP contribution in [-0.2, 0) is 26.8 Å². The molecule has 0 spiro atoms. The van der Waals surface area contributed by atoms with Crippen molar-refractivity contribution in [2.24, 2.45) is 7.05 Å². The number of aryl methyl sites for hydroxylation is 1. The zero-order valence-corrected chi connectivity index (χ0v) is 33.3. The van der Waals surface area contributed by atoms with E-state index in [9.17, 15) is 27.6 Å². The number of imidazole rings is 1. The van der Waals surface area contributed by atoms with Crippen molar-refractivity contribution in [1.29, 1.82) is 0 Å². The molecule has 4 aromatic rings. The van der Waals surface area contributed by atoms with Crippen LogP contribution >= 0.6 is 0 Å². The predicted octanol–water partition coefficient (Wildman–Crippen LogP) is 3.00. The third-order valence-corrected chi connectivity index (χ3v) is 15.4. The van der Waals surface area contributed by atoms with Crippen LogP contribution in [0.1, 0.15) is 101 Å². The Kier molecular flexibility index (Phi) is 10.3. The van der Waals surface area contributed by atoms with E-state index in [4.69, 9.17) is 4.98 Å². The van der Waals surface area contributed by atoms with Crippen molar-refractivity contribution >= 4 is 50.0 Å². The fourth-order valence-corrected chi connectivity index (χ4v) is 11.9. The summed E-state index contributed by atoms with van der Waals surface area (Å²) >= 11 is 0. The Hall–Kier alpha value is -4.45. The standard InChI is InChI=1S/C40H52N10O6S/c1-45-36-31(7-4-8-32(36)50(40(45)54)33-10-11-34(51)43-38(33)53)26-13-19-46(20-14-26)29-17-23-48(24-18-29)57(55,56)47-21-15-28(16-22-47)42-39-41-25-27-9-12-35(52)49(37(27)44-39)30-5-2-3-6-30/h4,7-9,12,25-26,28-30,33H,2-3,5-6,10-11,13-24H2,1H3,(H,41,42,44)(H,43,51,53). The van der Waals surface area contributed by atoms with E-state index in [1.165, 1.54) is 0 Å². The molecule has 1 atom stereocenters. The summed E-state index contributed by atoms with van der Waals surface area (Å²) in [6.07, 6.45) is 11.1. The van der Waals surface area contributed by atoms with E-state index in [-0.39, 0.29) is 41.6 Å². The lowest BCUT2D eigenvalue weighted by atomic mass is 9.87. The lowest BCUT2D eigenvalue weighted by Gasteiger charge is -2.43. The molecule has 9 rings (SSSR count). The number of carbonyl (C=O) groups is 2. The molecule has 1 unspecified atom stereocenters. The van der Waals surface area contributed by atoms with Gasteiger partial charge in [-0.1, -0.05) is 25.0 Å². The molecular weight excluding hydrogens is 749 g/mol. The van der Waals surface area contributed by atoms with Crippen LogP contribution in [-0.4, -0.2) is 109 Å². The van der Waals surface area contributed by atoms with Gasteiger partial charge >= 0.3 is 5.69 Å². The molecule has 1 aliphatic carbocycles. The zero-order chi connectivity index (χ0) is 39.4. The first kappa shape index (κ1) is 38.1. The maximum Gasteiger partial charge on any atom is 0.329 e. The number of para-hydroxylation sites is 1. The maximum absolute atomic E-state index is 13.8. The van der Waals surface area contributed by atoms with Crippen molar-refractivity contribution in [3.63, 3.8) is 0 Å². The summed E-state index contributed by atoms with van der Waals surface area (Å²) in [7, 11) is -1.84. The van der Waals surface area contributed by atoms with Gasteiger partial charge in [0.05, 0.1) is 11.0 Å². The monoisotopic (exact) mass is 800 g/mol. The van der Waals surface area contributed by atoms with Crippen molar-refractivity contribution in [1.82, 2.24) is 42.5 Å². The Morgan fingerprint density at radius 3 is 2.18 bits per heavy atom. The Balaban J connectivity index is 0.782. The molecule has 4 saturated heterocycles. The molecule has 3 aromatic heterocycles. The maximum atomic E-state index is 13.8. The third-order valence-electron chi connectivity index (χ3n) is 13.4. The third kappa shape index (κ3) is 7.10. The summed E-state index contributed by atoms with van der Waals surface area (Å²) in [5.74, 6) is -0.0225. The highest BCUT2D eigenvalue weighted by molar-refractivity contribution is 7.86. The van der Waals surface area contributed by atoms with Crippen molar-refractivity contribution in [2.45, 2.75) is 107 Å². The quantitative estimate of drug-likeness (QED) is 0.252. The highest BCUT2D eigenvalue weighted by atomic mass is 32.2. The van der Waals surface area contributed by atoms with Gasteiger partial charge in [0.2, 0.25) is 17.8 Å². The second kappa shape index (κ2) is 15.4. The van der Waals surface area contributed by atoms with Crippen molar-refractivity contribution in [2.75, 3.05) is 44.6 Å². The van der Waals surface area contributed by atoms with Crippen LogP contribution in [0.5, 0.6) is 0 Å². The van der Waals surface area contributed by atoms with Crippen molar-refractivity contribution in [3.8, 4) is 0 Å². The van der Waals surface area contributed by atoms with Crippen LogP contribution in [0.2, 0.25) is 0 Å². The molecule has 16 nitrogen and oxygen atoms in total. The van der Waals surface area contributed by atoms with Crippen LogP contribution in [0.4, 0.5) is 5.95 Å². The number of likely N-dealkylation sites (tertiary alicyclic amines) is 1. The molecule has 0 radical (unpaired) electrons. The predicted molar refractivity (Wildman–Crippen MR) is 215 cm³/mol. The summed E-state index contributed by atoms with van der Waals surface area (Å²) in [6.45, 7) is 3.61. The Labute approximate surface area is 331 Å². The number of pyridine rings is 1. The number of benzene rings is 1. The minimum atomic E-state index is -3.59. The van der Waals surface area contributed by atoms with Gasteiger partial charge in [-0.25, -0.2) is 9.78 Å². The molecule has 5 aliphatic rings. The smallest absolute Gasteiger partial charge is 0.329 e. The number of hydrogen-bond donors (Lipinski definition) is 2. The Bertz CT molecular complexity index is 2410. The molecule has 57 heavy (non-hydrogen) atoms. The Morgan fingerprint density at radius 1 is 0.772 bits per heavy atom. The molecule has 1 saturated carbocycles. The minimum absolute atomic E-state index is 0.0278. The lowest BCUT2D eigenvalue weighted by molar-refractivity contribution is -0.135. The second-order valence-electron chi connectivity index (χ2n) is 16.6. The van der Waals surface area contributed by atoms with Gasteiger partial charge in [-0.2, -0.15) is 22.0 Å². The summed E-state index contributed by atoms with van der Waals surface area (Å²) in [4.78, 5) is 62.6. The fourth-order valence-electron chi connectivity index (χ4n) is 10.2. The molecule has 5 fully saturated rings. The topological polar surface area (TPSA) is 177 Å². The number of piperidine rings is 4. The number of amides is 2. The van der Waals surface area contributed by atoms with Crippen molar-refractivity contribution < 1.29 is 18.0 Å². The summed E-state index contributed by atoms with van der Waals surface area (Å²) in [5.41, 5.74) is 3.04. The van der Waals surface area contributed by atoms with Crippen LogP contribution < -0.4 is 21.9 Å². The van der Waals surface area contributed by atoms with Crippen LogP contribution in [0.25, 0.3) is 22.1 Å². The molecular formula is C40H52N10O6S. The molecule has 2 amide bonds. The van der Waals surface area contributed by atoms with E-state index < -0.39 is 22.2 Å². The van der Waals surface area contributed by atoms with Gasteiger partial charge in [0.15, 0.2) is 0 Å². The number of aromatic nitrogens is 5. The Morgan fingerprint density at radius 2 is 1.47 bits per heavy atom. The number of hydrogen-bond acceptors (Lipinski definition) is 10. The van der Waals surface area contributed by atoms with E-state index in [1.54, 1.807) is 43.1 Å². The van der Waals surface area contributed by atoms with Crippen molar-refractivity contribution in [3.05, 3.63) is 62.9 Å². The summed E-state index contributed by atoms with van der Waals surface area (Å²) in [6, 6.07) is 9.10. The average molecular weight is 801 g/mol. The van der Waals surface area contributed by atoms with E-state index in [0.29, 0.717) is 63.1 Å². The highest BCUT2D eigenvalue weighted by Gasteiger charge is 2.38. The largest absolute Gasteiger partial charge is 0.351 e. The molecule has 7 heterocycles. The highest BCUT2D eigenvalue weighted by Crippen LogP contribution is 2.36. The first-order valence-electron chi connectivity index (χ1n) is 20.7. The van der Waals surface area contributed by atoms with Crippen LogP contribution in [0.15, 0.2) is 46.1 Å². The first-order valence-corrected chi connectivity index (χ1v) is 22.1. The van der Waals surface area contributed by atoms with Gasteiger partial charge in [0.1, 0.15) is 11.7 Å². The first-order chi connectivity index (χ1) is 27.6. The molecule has 17 heteroatoms. The van der Waals surface area contributed by atoms with E-state index in [0.717, 1.165) is 86.4 Å². The summed E-state index contributed by atoms with van der Waals surface area (Å²) < 4.78 is 35.9. The normalized spacial score (nSPS) is 23.5. The number of rotatable bonds is 8. The van der Waals surface area contributed by atoms with Gasteiger partial charge in [0.25, 0.3) is 15.8 Å². The second-order valence-corrected chi connectivity index (χ2v) is 18.5. The van der Waals surface area contributed by atoms with Gasteiger partial charge < -0.3 is 10.2 Å². The average Bonchev–Trinajstić information content (AvgIpc) is 3.84.